The van der Waals surface area contributed by atoms with E-state index >= 15 is 0 Å². The first-order valence-electron chi connectivity index (χ1n) is 4.20. The second kappa shape index (κ2) is 4.06. The molecule has 0 aromatic carbocycles. The lowest BCUT2D eigenvalue weighted by atomic mass is 10.2. The Kier molecular flexibility index (Phi) is 3.04. The van der Waals surface area contributed by atoms with Crippen molar-refractivity contribution in [3.8, 4) is 6.07 Å². The van der Waals surface area contributed by atoms with Crippen LogP contribution in [0, 0.1) is 11.3 Å². The highest BCUT2D eigenvalue weighted by atomic mass is 16.2. The number of carbonyl (C=O) groups is 1. The molecule has 1 aliphatic heterocycles. The van der Waals surface area contributed by atoms with E-state index in [0.29, 0.717) is 13.1 Å². The summed E-state index contributed by atoms with van der Waals surface area (Å²) in [6.07, 6.45) is 1.26. The van der Waals surface area contributed by atoms with Crippen LogP contribution in [0.5, 0.6) is 0 Å². The third-order valence-electron chi connectivity index (χ3n) is 2.19. The van der Waals surface area contributed by atoms with Gasteiger partial charge in [-0.15, -0.1) is 0 Å². The highest BCUT2D eigenvalue weighted by Gasteiger charge is 2.27. The first kappa shape index (κ1) is 9.75. The topological polar surface area (TPSA) is 47.3 Å². The second-order valence-electron chi connectivity index (χ2n) is 3.14. The fourth-order valence-corrected chi connectivity index (χ4v) is 1.41. The van der Waals surface area contributed by atoms with Crippen LogP contribution in [0.25, 0.3) is 0 Å². The Bertz CT molecular complexity index is 256. The average molecular weight is 179 g/mol. The Hall–Kier alpha value is -1.34. The Morgan fingerprint density at radius 2 is 2.38 bits per heavy atom. The lowest BCUT2D eigenvalue weighted by Crippen LogP contribution is -2.53. The predicted molar refractivity (Wildman–Crippen MR) is 48.8 cm³/mol. The molecule has 0 saturated carbocycles. The van der Waals surface area contributed by atoms with Crippen LogP contribution >= 0.6 is 0 Å². The zero-order chi connectivity index (χ0) is 9.84. The quantitative estimate of drug-likeness (QED) is 0.525. The third-order valence-corrected chi connectivity index (χ3v) is 2.19. The van der Waals surface area contributed by atoms with E-state index in [4.69, 9.17) is 5.26 Å². The van der Waals surface area contributed by atoms with Gasteiger partial charge in [-0.1, -0.05) is 6.58 Å². The summed E-state index contributed by atoms with van der Waals surface area (Å²) in [4.78, 5) is 14.9. The third kappa shape index (κ3) is 2.07. The normalized spacial score (nSPS) is 23.7. The minimum absolute atomic E-state index is 0.153. The SMILES string of the molecule is C=CC(=O)N1CCN(C)C[C@@H]1C#N. The predicted octanol–water partition coefficient (Wildman–Crippen LogP) is -0.161. The van der Waals surface area contributed by atoms with E-state index in [1.165, 1.54) is 6.08 Å². The summed E-state index contributed by atoms with van der Waals surface area (Å²) in [6.45, 7) is 5.46. The maximum absolute atomic E-state index is 11.3. The lowest BCUT2D eigenvalue weighted by molar-refractivity contribution is -0.129. The van der Waals surface area contributed by atoms with Gasteiger partial charge in [-0.3, -0.25) is 4.79 Å². The van der Waals surface area contributed by atoms with E-state index in [1.54, 1.807) is 4.90 Å². The van der Waals surface area contributed by atoms with E-state index in [9.17, 15) is 4.79 Å². The van der Waals surface area contributed by atoms with Crippen molar-refractivity contribution in [3.63, 3.8) is 0 Å². The van der Waals surface area contributed by atoms with Gasteiger partial charge in [-0.05, 0) is 13.1 Å². The van der Waals surface area contributed by atoms with Crippen molar-refractivity contribution in [1.82, 2.24) is 9.80 Å². The summed E-state index contributed by atoms with van der Waals surface area (Å²) >= 11 is 0. The number of nitriles is 1. The summed E-state index contributed by atoms with van der Waals surface area (Å²) in [5.41, 5.74) is 0. The lowest BCUT2D eigenvalue weighted by Gasteiger charge is -2.35. The maximum atomic E-state index is 11.3. The van der Waals surface area contributed by atoms with Gasteiger partial charge in [-0.2, -0.15) is 5.26 Å². The molecule has 0 aromatic rings. The molecule has 0 radical (unpaired) electrons. The van der Waals surface area contributed by atoms with E-state index in [2.05, 4.69) is 12.6 Å². The van der Waals surface area contributed by atoms with Gasteiger partial charge in [0.25, 0.3) is 0 Å². The van der Waals surface area contributed by atoms with E-state index in [-0.39, 0.29) is 11.9 Å². The zero-order valence-corrected chi connectivity index (χ0v) is 7.73. The summed E-state index contributed by atoms with van der Waals surface area (Å²) in [7, 11) is 1.94. The molecule has 70 valence electrons. The van der Waals surface area contributed by atoms with Crippen molar-refractivity contribution in [2.45, 2.75) is 6.04 Å². The molecular formula is C9H13N3O. The molecule has 4 heteroatoms. The number of hydrogen-bond acceptors (Lipinski definition) is 3. The molecule has 0 spiro atoms. The van der Waals surface area contributed by atoms with Crippen LogP contribution in [0.15, 0.2) is 12.7 Å². The summed E-state index contributed by atoms with van der Waals surface area (Å²) in [5.74, 6) is -0.153. The Morgan fingerprint density at radius 1 is 1.69 bits per heavy atom. The van der Waals surface area contributed by atoms with Crippen molar-refractivity contribution in [2.75, 3.05) is 26.7 Å². The van der Waals surface area contributed by atoms with Gasteiger partial charge in [0, 0.05) is 19.6 Å². The van der Waals surface area contributed by atoms with E-state index in [0.717, 1.165) is 6.54 Å². The zero-order valence-electron chi connectivity index (χ0n) is 7.73. The minimum atomic E-state index is -0.329. The molecule has 0 unspecified atom stereocenters. The second-order valence-corrected chi connectivity index (χ2v) is 3.14. The Labute approximate surface area is 78.0 Å². The first-order chi connectivity index (χ1) is 6.19. The molecule has 1 saturated heterocycles. The van der Waals surface area contributed by atoms with Gasteiger partial charge >= 0.3 is 0 Å². The standard InChI is InChI=1S/C9H13N3O/c1-3-9(13)12-5-4-11(2)7-8(12)6-10/h3,8H,1,4-5,7H2,2H3/t8-/m0/s1. The molecule has 1 aliphatic rings. The minimum Gasteiger partial charge on any atom is -0.321 e. The molecule has 1 rings (SSSR count). The monoisotopic (exact) mass is 179 g/mol. The molecule has 0 aliphatic carbocycles. The van der Waals surface area contributed by atoms with Crippen LogP contribution in [-0.4, -0.2) is 48.4 Å². The molecule has 1 heterocycles. The van der Waals surface area contributed by atoms with Crippen molar-refractivity contribution in [3.05, 3.63) is 12.7 Å². The van der Waals surface area contributed by atoms with Gasteiger partial charge in [0.2, 0.25) is 5.91 Å². The van der Waals surface area contributed by atoms with Gasteiger partial charge in [0.15, 0.2) is 0 Å². The van der Waals surface area contributed by atoms with Gasteiger partial charge < -0.3 is 9.80 Å². The highest BCUT2D eigenvalue weighted by Crippen LogP contribution is 2.07. The summed E-state index contributed by atoms with van der Waals surface area (Å²) in [5, 5.41) is 8.82. The van der Waals surface area contributed by atoms with Crippen LogP contribution in [0.2, 0.25) is 0 Å². The van der Waals surface area contributed by atoms with Gasteiger partial charge in [0.1, 0.15) is 6.04 Å². The molecule has 1 atom stereocenters. The first-order valence-corrected chi connectivity index (χ1v) is 4.20. The molecular weight excluding hydrogens is 166 g/mol. The van der Waals surface area contributed by atoms with Gasteiger partial charge in [-0.25, -0.2) is 0 Å². The molecule has 13 heavy (non-hydrogen) atoms. The molecule has 0 aromatic heterocycles. The van der Waals surface area contributed by atoms with Crippen LogP contribution in [0.1, 0.15) is 0 Å². The smallest absolute Gasteiger partial charge is 0.247 e. The fourth-order valence-electron chi connectivity index (χ4n) is 1.41. The Balaban J connectivity index is 2.69. The van der Waals surface area contributed by atoms with Crippen LogP contribution in [-0.2, 0) is 4.79 Å². The molecule has 1 fully saturated rings. The largest absolute Gasteiger partial charge is 0.321 e. The van der Waals surface area contributed by atoms with E-state index in [1.807, 2.05) is 11.9 Å². The molecule has 0 N–H and O–H groups in total. The number of piperazine rings is 1. The van der Waals surface area contributed by atoms with Crippen LogP contribution < -0.4 is 0 Å². The highest BCUT2D eigenvalue weighted by molar-refractivity contribution is 5.87. The molecule has 0 bridgehead atoms. The van der Waals surface area contributed by atoms with Crippen molar-refractivity contribution in [1.29, 1.82) is 5.26 Å². The summed E-state index contributed by atoms with van der Waals surface area (Å²) < 4.78 is 0. The van der Waals surface area contributed by atoms with Crippen LogP contribution in [0.3, 0.4) is 0 Å². The number of likely N-dealkylation sites (N-methyl/N-ethyl adjacent to an activating group) is 1. The van der Waals surface area contributed by atoms with E-state index < -0.39 is 0 Å². The molecule has 4 nitrogen and oxygen atoms in total. The molecule has 1 amide bonds. The average Bonchev–Trinajstić information content (AvgIpc) is 2.16. The Morgan fingerprint density at radius 3 is 2.92 bits per heavy atom. The number of hydrogen-bond donors (Lipinski definition) is 0. The van der Waals surface area contributed by atoms with Crippen LogP contribution in [0.4, 0.5) is 0 Å². The summed E-state index contributed by atoms with van der Waals surface area (Å²) in [6, 6.07) is 1.79. The van der Waals surface area contributed by atoms with Crippen molar-refractivity contribution in [2.24, 2.45) is 0 Å². The number of nitrogens with zero attached hydrogens (tertiary/aromatic N) is 3. The van der Waals surface area contributed by atoms with Crippen molar-refractivity contribution < 1.29 is 4.79 Å². The number of rotatable bonds is 1. The number of amides is 1. The van der Waals surface area contributed by atoms with Crippen molar-refractivity contribution >= 4 is 5.91 Å². The van der Waals surface area contributed by atoms with Gasteiger partial charge in [0.05, 0.1) is 6.07 Å². The maximum Gasteiger partial charge on any atom is 0.247 e. The fraction of sp³-hybridized carbons (Fsp3) is 0.556. The number of carbonyl (C=O) groups excluding carboxylic acids is 1.